The molecule has 4 aliphatic carbocycles. The molecule has 0 unspecified atom stereocenters. The van der Waals surface area contributed by atoms with Crippen LogP contribution in [0.2, 0.25) is 0 Å². The number of halogens is 4. The summed E-state index contributed by atoms with van der Waals surface area (Å²) in [6.07, 6.45) is 0. The van der Waals surface area contributed by atoms with E-state index in [4.69, 9.17) is 9.47 Å². The second-order valence-electron chi connectivity index (χ2n) is 7.02. The van der Waals surface area contributed by atoms with Gasteiger partial charge in [-0.15, -0.1) is 0 Å². The minimum Gasteiger partial charge on any atom is -0.462 e. The van der Waals surface area contributed by atoms with E-state index < -0.39 is 0 Å². The third-order valence-corrected chi connectivity index (χ3v) is 7.48. The summed E-state index contributed by atoms with van der Waals surface area (Å²) in [5, 5.41) is 0. The largest absolute Gasteiger partial charge is 0.462 e. The molecule has 0 fully saturated rings. The molecule has 0 bridgehead atoms. The maximum atomic E-state index is 11.6. The molecule has 0 saturated carbocycles. The van der Waals surface area contributed by atoms with E-state index in [0.717, 1.165) is 40.1 Å². The van der Waals surface area contributed by atoms with Crippen molar-refractivity contribution in [1.82, 2.24) is 0 Å². The minimum atomic E-state index is -0.294. The Morgan fingerprint density at radius 2 is 0.824 bits per heavy atom. The number of esters is 2. The molecule has 0 radical (unpaired) electrons. The van der Waals surface area contributed by atoms with Crippen LogP contribution in [0, 0.1) is 0 Å². The summed E-state index contributed by atoms with van der Waals surface area (Å²) in [6.45, 7) is 4.36. The standard InChI is InChI=1S/2C13H10Br2O2/c2*1-2-17-13(16)8-3-5-9-10(6-4-8)12(15)7-11(9)14/h2*3-7H,2H2,1H3. The van der Waals surface area contributed by atoms with E-state index in [1.165, 1.54) is 0 Å². The fourth-order valence-electron chi connectivity index (χ4n) is 3.23. The summed E-state index contributed by atoms with van der Waals surface area (Å²) in [7, 11) is 0. The number of rotatable bonds is 4. The second-order valence-corrected chi connectivity index (χ2v) is 10.4. The van der Waals surface area contributed by atoms with E-state index in [1.807, 2.05) is 36.4 Å². The van der Waals surface area contributed by atoms with Crippen LogP contribution in [0.3, 0.4) is 0 Å². The monoisotopic (exact) mass is 712 g/mol. The van der Waals surface area contributed by atoms with E-state index in [2.05, 4.69) is 63.7 Å². The van der Waals surface area contributed by atoms with Crippen LogP contribution in [-0.2, 0) is 9.47 Å². The van der Waals surface area contributed by atoms with Crippen molar-refractivity contribution >= 4 is 75.7 Å². The molecule has 0 heterocycles. The number of hydrogen-bond donors (Lipinski definition) is 0. The van der Waals surface area contributed by atoms with Gasteiger partial charge < -0.3 is 9.47 Å². The van der Waals surface area contributed by atoms with Crippen LogP contribution in [0.5, 0.6) is 0 Å². The van der Waals surface area contributed by atoms with Crippen molar-refractivity contribution in [2.24, 2.45) is 0 Å². The van der Waals surface area contributed by atoms with E-state index in [-0.39, 0.29) is 11.9 Å². The highest BCUT2D eigenvalue weighted by atomic mass is 79.9. The number of carbonyl (C=O) groups excluding carboxylic acids is 2. The Hall–Kier alpha value is -1.74. The van der Waals surface area contributed by atoms with Gasteiger partial charge in [0.1, 0.15) is 0 Å². The van der Waals surface area contributed by atoms with Crippen LogP contribution in [0.15, 0.2) is 78.6 Å². The number of hydrogen-bond acceptors (Lipinski definition) is 4. The van der Waals surface area contributed by atoms with Crippen molar-refractivity contribution in [2.45, 2.75) is 13.8 Å². The van der Waals surface area contributed by atoms with E-state index in [9.17, 15) is 9.59 Å². The molecular formula is C26H20Br4O4. The number of carbonyl (C=O) groups is 2. The first kappa shape index (κ1) is 26.9. The van der Waals surface area contributed by atoms with Gasteiger partial charge in [0.15, 0.2) is 0 Å². The smallest absolute Gasteiger partial charge is 0.338 e. The second kappa shape index (κ2) is 12.3. The van der Waals surface area contributed by atoms with Gasteiger partial charge in [-0.05, 0) is 72.5 Å². The van der Waals surface area contributed by atoms with Crippen LogP contribution in [0.25, 0.3) is 22.3 Å². The predicted molar refractivity (Wildman–Crippen MR) is 149 cm³/mol. The lowest BCUT2D eigenvalue weighted by atomic mass is 10.2. The average molecular weight is 716 g/mol. The molecule has 0 aromatic heterocycles. The zero-order chi connectivity index (χ0) is 24.8. The molecule has 4 aliphatic rings. The lowest BCUT2D eigenvalue weighted by Gasteiger charge is -1.97. The Kier molecular flexibility index (Phi) is 9.71. The van der Waals surface area contributed by atoms with Gasteiger partial charge in [-0.3, -0.25) is 0 Å². The molecule has 0 atom stereocenters. The third kappa shape index (κ3) is 6.27. The summed E-state index contributed by atoms with van der Waals surface area (Å²) >= 11 is 13.9. The Bertz CT molecular complexity index is 1100. The number of ether oxygens (including phenoxy) is 2. The SMILES string of the molecule is CCOC(=O)c1ccc2c(Br)cc(Br)c-2cc1.CCOC(=O)c1ccc2c(Br)cc(Br)c-2cc1. The van der Waals surface area contributed by atoms with Crippen LogP contribution in [0.1, 0.15) is 34.6 Å². The summed E-state index contributed by atoms with van der Waals surface area (Å²) in [5.74, 6) is -0.588. The molecule has 0 aromatic rings. The van der Waals surface area contributed by atoms with Crippen LogP contribution in [-0.4, -0.2) is 25.2 Å². The van der Waals surface area contributed by atoms with Gasteiger partial charge in [-0.25, -0.2) is 9.59 Å². The van der Waals surface area contributed by atoms with Crippen LogP contribution < -0.4 is 0 Å². The highest BCUT2D eigenvalue weighted by Crippen LogP contribution is 2.39. The third-order valence-electron chi connectivity index (χ3n) is 4.86. The summed E-state index contributed by atoms with van der Waals surface area (Å²) in [6, 6.07) is 18.7. The van der Waals surface area contributed by atoms with Crippen LogP contribution >= 0.6 is 63.7 Å². The van der Waals surface area contributed by atoms with Crippen molar-refractivity contribution in [1.29, 1.82) is 0 Å². The Morgan fingerprint density at radius 1 is 0.559 bits per heavy atom. The van der Waals surface area contributed by atoms with Gasteiger partial charge in [0.05, 0.1) is 24.3 Å². The average Bonchev–Trinajstić information content (AvgIpc) is 3.05. The van der Waals surface area contributed by atoms with Crippen molar-refractivity contribution in [2.75, 3.05) is 13.2 Å². The quantitative estimate of drug-likeness (QED) is 0.198. The molecule has 176 valence electrons. The van der Waals surface area contributed by atoms with E-state index in [0.29, 0.717) is 24.3 Å². The fraction of sp³-hybridized carbons (Fsp3) is 0.154. The zero-order valence-corrected chi connectivity index (χ0v) is 24.7. The number of fused-ring (bicyclic) bond motifs is 2. The van der Waals surface area contributed by atoms with Gasteiger partial charge in [0.2, 0.25) is 0 Å². The minimum absolute atomic E-state index is 0.294. The Morgan fingerprint density at radius 3 is 1.06 bits per heavy atom. The molecular weight excluding hydrogens is 696 g/mol. The predicted octanol–water partition coefficient (Wildman–Crippen LogP) is 8.99. The molecule has 0 amide bonds. The zero-order valence-electron chi connectivity index (χ0n) is 18.3. The highest BCUT2D eigenvalue weighted by Gasteiger charge is 2.14. The summed E-state index contributed by atoms with van der Waals surface area (Å²) in [4.78, 5) is 23.2. The van der Waals surface area contributed by atoms with Crippen molar-refractivity contribution in [3.8, 4) is 22.3 Å². The molecule has 4 nitrogen and oxygen atoms in total. The van der Waals surface area contributed by atoms with Crippen LogP contribution in [0.4, 0.5) is 0 Å². The van der Waals surface area contributed by atoms with Crippen molar-refractivity contribution in [3.63, 3.8) is 0 Å². The molecule has 0 aliphatic heterocycles. The fourth-order valence-corrected chi connectivity index (χ4v) is 6.14. The molecule has 4 rings (SSSR count). The van der Waals surface area contributed by atoms with E-state index in [1.54, 1.807) is 38.1 Å². The molecule has 0 aromatic carbocycles. The van der Waals surface area contributed by atoms with Gasteiger partial charge in [0.25, 0.3) is 0 Å². The molecule has 0 spiro atoms. The summed E-state index contributed by atoms with van der Waals surface area (Å²) < 4.78 is 14.0. The molecule has 0 N–H and O–H groups in total. The molecule has 8 heteroatoms. The van der Waals surface area contributed by atoms with E-state index >= 15 is 0 Å². The van der Waals surface area contributed by atoms with Gasteiger partial charge in [0, 0.05) is 17.9 Å². The van der Waals surface area contributed by atoms with Crippen molar-refractivity contribution < 1.29 is 19.1 Å². The lowest BCUT2D eigenvalue weighted by molar-refractivity contribution is 0.0517. The van der Waals surface area contributed by atoms with Crippen molar-refractivity contribution in [3.05, 3.63) is 89.7 Å². The maximum absolute atomic E-state index is 11.6. The highest BCUT2D eigenvalue weighted by molar-refractivity contribution is 9.11. The first-order valence-electron chi connectivity index (χ1n) is 10.4. The molecule has 0 saturated heterocycles. The Labute approximate surface area is 232 Å². The summed E-state index contributed by atoms with van der Waals surface area (Å²) in [5.41, 5.74) is 5.36. The normalized spacial score (nSPS) is 10.5. The molecule has 34 heavy (non-hydrogen) atoms. The Balaban J connectivity index is 0.000000191. The lowest BCUT2D eigenvalue weighted by Crippen LogP contribution is -2.02. The first-order chi connectivity index (χ1) is 16.3. The first-order valence-corrected chi connectivity index (χ1v) is 13.5. The van der Waals surface area contributed by atoms with Gasteiger partial charge in [-0.2, -0.15) is 0 Å². The van der Waals surface area contributed by atoms with Gasteiger partial charge in [-0.1, -0.05) is 88.0 Å². The topological polar surface area (TPSA) is 52.6 Å². The maximum Gasteiger partial charge on any atom is 0.338 e. The van der Waals surface area contributed by atoms with Gasteiger partial charge >= 0.3 is 11.9 Å².